The number of aliphatic hydroxyl groups is 1. The van der Waals surface area contributed by atoms with Gasteiger partial charge in [-0.2, -0.15) is 0 Å². The number of nitrogens with one attached hydrogen (secondary N) is 1. The molecule has 1 fully saturated rings. The fraction of sp³-hybridized carbons (Fsp3) is 0.500. The molecule has 2 amide bonds. The molecule has 19 heavy (non-hydrogen) atoms. The number of aromatic carboxylic acids is 1. The monoisotopic (exact) mass is 284 g/mol. The summed E-state index contributed by atoms with van der Waals surface area (Å²) in [5.41, 5.74) is 0.824. The number of carbonyl (C=O) groups is 2. The zero-order valence-corrected chi connectivity index (χ0v) is 11.6. The summed E-state index contributed by atoms with van der Waals surface area (Å²) in [5.74, 6) is -1.04. The van der Waals surface area contributed by atoms with Crippen LogP contribution in [0.1, 0.15) is 27.2 Å². The minimum atomic E-state index is -1.04. The molecule has 1 atom stereocenters. The minimum Gasteiger partial charge on any atom is -0.478 e. The van der Waals surface area contributed by atoms with E-state index >= 15 is 0 Å². The lowest BCUT2D eigenvalue weighted by Gasteiger charge is -2.16. The van der Waals surface area contributed by atoms with Crippen molar-refractivity contribution in [3.05, 3.63) is 16.0 Å². The predicted molar refractivity (Wildman–Crippen MR) is 72.0 cm³/mol. The molecule has 0 saturated carbocycles. The molecule has 1 aromatic rings. The van der Waals surface area contributed by atoms with Crippen LogP contribution in [0.3, 0.4) is 0 Å². The number of aliphatic hydroxyl groups excluding tert-OH is 1. The number of carboxylic acids is 1. The zero-order chi connectivity index (χ0) is 14.2. The van der Waals surface area contributed by atoms with Gasteiger partial charge in [-0.1, -0.05) is 0 Å². The first kappa shape index (κ1) is 13.8. The summed E-state index contributed by atoms with van der Waals surface area (Å²) in [4.78, 5) is 25.5. The van der Waals surface area contributed by atoms with Crippen LogP contribution in [-0.4, -0.2) is 46.3 Å². The van der Waals surface area contributed by atoms with E-state index in [0.29, 0.717) is 23.5 Å². The lowest BCUT2D eigenvalue weighted by Crippen LogP contribution is -2.33. The van der Waals surface area contributed by atoms with E-state index in [9.17, 15) is 19.8 Å². The van der Waals surface area contributed by atoms with E-state index in [1.807, 2.05) is 6.92 Å². The smallest absolute Gasteiger partial charge is 0.338 e. The number of amides is 2. The first-order chi connectivity index (χ1) is 8.90. The van der Waals surface area contributed by atoms with E-state index in [2.05, 4.69) is 5.32 Å². The Morgan fingerprint density at radius 1 is 1.42 bits per heavy atom. The van der Waals surface area contributed by atoms with Crippen molar-refractivity contribution >= 4 is 28.3 Å². The van der Waals surface area contributed by atoms with Gasteiger partial charge in [0.2, 0.25) is 0 Å². The van der Waals surface area contributed by atoms with Gasteiger partial charge in [-0.3, -0.25) is 5.32 Å². The number of thiophene rings is 1. The molecule has 1 saturated heterocycles. The zero-order valence-electron chi connectivity index (χ0n) is 10.8. The van der Waals surface area contributed by atoms with Gasteiger partial charge in [0.1, 0.15) is 5.00 Å². The Morgan fingerprint density at radius 3 is 2.63 bits per heavy atom. The van der Waals surface area contributed by atoms with E-state index in [1.54, 1.807) is 6.92 Å². The number of urea groups is 1. The minimum absolute atomic E-state index is 0.149. The summed E-state index contributed by atoms with van der Waals surface area (Å²) >= 11 is 1.26. The summed E-state index contributed by atoms with van der Waals surface area (Å²) in [6, 6.07) is -0.361. The highest BCUT2D eigenvalue weighted by molar-refractivity contribution is 7.16. The van der Waals surface area contributed by atoms with E-state index in [4.69, 9.17) is 0 Å². The molecule has 2 rings (SSSR count). The molecule has 1 aliphatic rings. The number of likely N-dealkylation sites (tertiary alicyclic amines) is 1. The van der Waals surface area contributed by atoms with Gasteiger partial charge in [0.25, 0.3) is 0 Å². The number of carboxylic acid groups (broad SMARTS) is 1. The molecule has 6 nitrogen and oxygen atoms in total. The van der Waals surface area contributed by atoms with Crippen molar-refractivity contribution < 1.29 is 19.8 Å². The summed E-state index contributed by atoms with van der Waals surface area (Å²) in [6.07, 6.45) is 0.0679. The van der Waals surface area contributed by atoms with Crippen LogP contribution in [-0.2, 0) is 0 Å². The van der Waals surface area contributed by atoms with Crippen molar-refractivity contribution in [2.45, 2.75) is 26.4 Å². The third-order valence-corrected chi connectivity index (χ3v) is 4.39. The molecule has 0 unspecified atom stereocenters. The molecule has 2 heterocycles. The van der Waals surface area contributed by atoms with E-state index in [1.165, 1.54) is 16.2 Å². The van der Waals surface area contributed by atoms with Crippen LogP contribution < -0.4 is 5.32 Å². The molecule has 0 aromatic carbocycles. The lowest BCUT2D eigenvalue weighted by molar-refractivity contribution is 0.0697. The number of anilines is 1. The molecular formula is C12H16N2O4S. The Bertz CT molecular complexity index is 526. The van der Waals surface area contributed by atoms with Gasteiger partial charge in [0, 0.05) is 18.0 Å². The Labute approximate surface area is 114 Å². The third kappa shape index (κ3) is 2.71. The van der Waals surface area contributed by atoms with Crippen molar-refractivity contribution in [3.63, 3.8) is 0 Å². The van der Waals surface area contributed by atoms with Crippen molar-refractivity contribution in [3.8, 4) is 0 Å². The van der Waals surface area contributed by atoms with Gasteiger partial charge in [-0.05, 0) is 25.8 Å². The standard InChI is InChI=1S/C12H16N2O4S/c1-6-7(2)19-10(9(6)11(16)17)13-12(18)14-4-3-8(15)5-14/h8,15H,3-5H2,1-2H3,(H,13,18)(H,16,17)/t8-/m0/s1. The molecule has 1 aliphatic heterocycles. The quantitative estimate of drug-likeness (QED) is 0.770. The van der Waals surface area contributed by atoms with Crippen molar-refractivity contribution in [1.82, 2.24) is 4.90 Å². The molecule has 0 radical (unpaired) electrons. The van der Waals surface area contributed by atoms with Crippen LogP contribution >= 0.6 is 11.3 Å². The highest BCUT2D eigenvalue weighted by atomic mass is 32.1. The molecule has 0 aliphatic carbocycles. The van der Waals surface area contributed by atoms with Crippen LogP contribution in [0.4, 0.5) is 9.80 Å². The lowest BCUT2D eigenvalue weighted by atomic mass is 10.1. The Morgan fingerprint density at radius 2 is 2.11 bits per heavy atom. The molecule has 104 valence electrons. The maximum Gasteiger partial charge on any atom is 0.338 e. The van der Waals surface area contributed by atoms with Gasteiger partial charge in [-0.25, -0.2) is 9.59 Å². The highest BCUT2D eigenvalue weighted by Crippen LogP contribution is 2.32. The second kappa shape index (κ2) is 5.18. The first-order valence-corrected chi connectivity index (χ1v) is 6.79. The Kier molecular flexibility index (Phi) is 3.77. The topological polar surface area (TPSA) is 89.9 Å². The van der Waals surface area contributed by atoms with Gasteiger partial charge >= 0.3 is 12.0 Å². The van der Waals surface area contributed by atoms with Crippen molar-refractivity contribution in [2.24, 2.45) is 0 Å². The molecule has 7 heteroatoms. The number of rotatable bonds is 2. The number of hydrogen-bond donors (Lipinski definition) is 3. The normalized spacial score (nSPS) is 18.7. The number of β-amino-alcohol motifs (C(OH)–C–C–N with tert-alkyl or cyclic N) is 1. The second-order valence-electron chi connectivity index (χ2n) is 4.61. The highest BCUT2D eigenvalue weighted by Gasteiger charge is 2.27. The maximum absolute atomic E-state index is 12.0. The van der Waals surface area contributed by atoms with Crippen LogP contribution in [0.5, 0.6) is 0 Å². The average Bonchev–Trinajstić information content (AvgIpc) is 2.85. The number of hydrogen-bond acceptors (Lipinski definition) is 4. The average molecular weight is 284 g/mol. The van der Waals surface area contributed by atoms with Crippen molar-refractivity contribution in [2.75, 3.05) is 18.4 Å². The summed E-state index contributed by atoms with van der Waals surface area (Å²) < 4.78 is 0. The molecule has 3 N–H and O–H groups in total. The van der Waals surface area contributed by atoms with E-state index < -0.39 is 12.1 Å². The first-order valence-electron chi connectivity index (χ1n) is 5.97. The Balaban J connectivity index is 2.17. The predicted octanol–water partition coefficient (Wildman–Crippen LogP) is 1.66. The SMILES string of the molecule is Cc1sc(NC(=O)N2CC[C@H](O)C2)c(C(=O)O)c1C. The van der Waals surface area contributed by atoms with Gasteiger partial charge in [0.15, 0.2) is 0 Å². The van der Waals surface area contributed by atoms with E-state index in [0.717, 1.165) is 4.88 Å². The maximum atomic E-state index is 12.0. The fourth-order valence-corrected chi connectivity index (χ4v) is 3.12. The fourth-order valence-electron chi connectivity index (χ4n) is 2.07. The largest absolute Gasteiger partial charge is 0.478 e. The molecular weight excluding hydrogens is 268 g/mol. The van der Waals surface area contributed by atoms with Crippen LogP contribution in [0.15, 0.2) is 0 Å². The van der Waals surface area contributed by atoms with Crippen molar-refractivity contribution in [1.29, 1.82) is 0 Å². The second-order valence-corrected chi connectivity index (χ2v) is 5.84. The molecule has 0 bridgehead atoms. The van der Waals surface area contributed by atoms with Gasteiger partial charge < -0.3 is 15.1 Å². The Hall–Kier alpha value is -1.60. The van der Waals surface area contributed by atoms with Crippen LogP contribution in [0, 0.1) is 13.8 Å². The number of carbonyl (C=O) groups excluding carboxylic acids is 1. The van der Waals surface area contributed by atoms with Gasteiger partial charge in [-0.15, -0.1) is 11.3 Å². The van der Waals surface area contributed by atoms with Crippen LogP contribution in [0.2, 0.25) is 0 Å². The van der Waals surface area contributed by atoms with Gasteiger partial charge in [0.05, 0.1) is 11.7 Å². The number of nitrogens with zero attached hydrogens (tertiary/aromatic N) is 1. The van der Waals surface area contributed by atoms with Crippen LogP contribution in [0.25, 0.3) is 0 Å². The summed E-state index contributed by atoms with van der Waals surface area (Å²) in [7, 11) is 0. The summed E-state index contributed by atoms with van der Waals surface area (Å²) in [6.45, 7) is 4.32. The van der Waals surface area contributed by atoms with E-state index in [-0.39, 0.29) is 18.1 Å². The molecule has 1 aromatic heterocycles. The third-order valence-electron chi connectivity index (χ3n) is 3.27. The number of aryl methyl sites for hydroxylation is 1. The summed E-state index contributed by atoms with van der Waals surface area (Å²) in [5, 5.41) is 21.6. The molecule has 0 spiro atoms.